The number of fused-ring (bicyclic) bond motifs is 1. The Morgan fingerprint density at radius 3 is 2.96 bits per heavy atom. The Hall–Kier alpha value is -2.03. The van der Waals surface area contributed by atoms with Gasteiger partial charge in [0, 0.05) is 13.1 Å². The summed E-state index contributed by atoms with van der Waals surface area (Å²) >= 11 is 1.52. The molecular weight excluding hydrogens is 316 g/mol. The summed E-state index contributed by atoms with van der Waals surface area (Å²) in [5.41, 5.74) is 0.902. The van der Waals surface area contributed by atoms with E-state index in [4.69, 9.17) is 13.9 Å². The minimum Gasteiger partial charge on any atom is -0.497 e. The summed E-state index contributed by atoms with van der Waals surface area (Å²) < 4.78 is 17.4. The number of aromatic nitrogens is 3. The van der Waals surface area contributed by atoms with E-state index in [-0.39, 0.29) is 0 Å². The van der Waals surface area contributed by atoms with E-state index in [2.05, 4.69) is 20.1 Å². The molecule has 1 saturated heterocycles. The van der Waals surface area contributed by atoms with Crippen LogP contribution in [0.25, 0.3) is 21.1 Å². The molecule has 0 spiro atoms. The minimum absolute atomic E-state index is 0.466. The van der Waals surface area contributed by atoms with Crippen LogP contribution in [0.5, 0.6) is 5.75 Å². The van der Waals surface area contributed by atoms with Gasteiger partial charge >= 0.3 is 0 Å². The van der Waals surface area contributed by atoms with E-state index in [1.807, 2.05) is 18.2 Å². The highest BCUT2D eigenvalue weighted by Crippen LogP contribution is 2.31. The van der Waals surface area contributed by atoms with E-state index in [0.29, 0.717) is 18.3 Å². The Morgan fingerprint density at radius 1 is 1.26 bits per heavy atom. The van der Waals surface area contributed by atoms with Gasteiger partial charge in [0.2, 0.25) is 5.89 Å². The van der Waals surface area contributed by atoms with Gasteiger partial charge in [-0.2, -0.15) is 0 Å². The van der Waals surface area contributed by atoms with Crippen LogP contribution in [0.3, 0.4) is 0 Å². The Morgan fingerprint density at radius 2 is 2.13 bits per heavy atom. The fourth-order valence-corrected chi connectivity index (χ4v) is 3.39. The van der Waals surface area contributed by atoms with Gasteiger partial charge in [0.05, 0.1) is 37.1 Å². The van der Waals surface area contributed by atoms with Crippen molar-refractivity contribution in [3.05, 3.63) is 24.1 Å². The molecule has 3 aromatic rings. The molecule has 0 atom stereocenters. The average Bonchev–Trinajstić information content (AvgIpc) is 3.21. The molecule has 1 fully saturated rings. The molecule has 0 unspecified atom stereocenters. The molecule has 1 aliphatic heterocycles. The summed E-state index contributed by atoms with van der Waals surface area (Å²) in [5.74, 6) is 1.89. The number of morpholine rings is 1. The molecule has 23 heavy (non-hydrogen) atoms. The fraction of sp³-hybridized carbons (Fsp3) is 0.400. The first-order chi connectivity index (χ1) is 11.3. The van der Waals surface area contributed by atoms with Crippen LogP contribution in [0.1, 0.15) is 5.89 Å². The molecule has 7 nitrogen and oxygen atoms in total. The number of nitrogens with zero attached hydrogens (tertiary/aromatic N) is 4. The number of hydrogen-bond donors (Lipinski definition) is 0. The van der Waals surface area contributed by atoms with Crippen molar-refractivity contribution in [2.24, 2.45) is 0 Å². The zero-order valence-corrected chi connectivity index (χ0v) is 13.5. The van der Waals surface area contributed by atoms with Crippen molar-refractivity contribution in [3.63, 3.8) is 0 Å². The van der Waals surface area contributed by atoms with Crippen LogP contribution in [0.2, 0.25) is 0 Å². The van der Waals surface area contributed by atoms with Crippen LogP contribution in [0, 0.1) is 0 Å². The smallest absolute Gasteiger partial charge is 0.276 e. The molecule has 1 aromatic carbocycles. The number of thiazole rings is 1. The third-order valence-corrected chi connectivity index (χ3v) is 4.71. The molecular formula is C15H16N4O3S. The second kappa shape index (κ2) is 6.23. The zero-order valence-electron chi connectivity index (χ0n) is 12.7. The van der Waals surface area contributed by atoms with Crippen LogP contribution in [-0.4, -0.2) is 53.5 Å². The highest BCUT2D eigenvalue weighted by molar-refractivity contribution is 7.21. The second-order valence-corrected chi connectivity index (χ2v) is 6.27. The third-order valence-electron chi connectivity index (χ3n) is 3.71. The first kappa shape index (κ1) is 14.6. The van der Waals surface area contributed by atoms with Crippen LogP contribution >= 0.6 is 11.3 Å². The van der Waals surface area contributed by atoms with Gasteiger partial charge in [-0.25, -0.2) is 4.98 Å². The Kier molecular flexibility index (Phi) is 3.94. The van der Waals surface area contributed by atoms with E-state index in [1.54, 1.807) is 7.11 Å². The van der Waals surface area contributed by atoms with Gasteiger partial charge in [0.15, 0.2) is 5.01 Å². The summed E-state index contributed by atoms with van der Waals surface area (Å²) in [5, 5.41) is 9.00. The number of benzene rings is 1. The molecule has 0 amide bonds. The van der Waals surface area contributed by atoms with Crippen molar-refractivity contribution in [2.45, 2.75) is 6.54 Å². The lowest BCUT2D eigenvalue weighted by atomic mass is 10.3. The lowest BCUT2D eigenvalue weighted by molar-refractivity contribution is 0.0306. The summed E-state index contributed by atoms with van der Waals surface area (Å²) in [4.78, 5) is 6.79. The van der Waals surface area contributed by atoms with Gasteiger partial charge < -0.3 is 13.9 Å². The first-order valence-corrected chi connectivity index (χ1v) is 8.21. The Labute approximate surface area is 136 Å². The summed E-state index contributed by atoms with van der Waals surface area (Å²) in [7, 11) is 1.65. The standard InChI is InChI=1S/C15H16N4O3S/c1-20-10-2-3-11-12(8-10)23-15(16-11)14-18-17-13(22-14)9-19-4-6-21-7-5-19/h2-3,8H,4-7,9H2,1H3. The van der Waals surface area contributed by atoms with Crippen LogP contribution in [-0.2, 0) is 11.3 Å². The van der Waals surface area contributed by atoms with Crippen molar-refractivity contribution in [1.82, 2.24) is 20.1 Å². The van der Waals surface area contributed by atoms with Crippen molar-refractivity contribution in [2.75, 3.05) is 33.4 Å². The number of methoxy groups -OCH3 is 1. The maximum atomic E-state index is 5.77. The SMILES string of the molecule is COc1ccc2nc(-c3nnc(CN4CCOCC4)o3)sc2c1. The largest absolute Gasteiger partial charge is 0.497 e. The summed E-state index contributed by atoms with van der Waals surface area (Å²) in [6.45, 7) is 3.92. The number of rotatable bonds is 4. The molecule has 3 heterocycles. The predicted molar refractivity (Wildman–Crippen MR) is 85.6 cm³/mol. The summed E-state index contributed by atoms with van der Waals surface area (Å²) in [6, 6.07) is 5.78. The van der Waals surface area contributed by atoms with E-state index >= 15 is 0 Å². The summed E-state index contributed by atoms with van der Waals surface area (Å²) in [6.07, 6.45) is 0. The molecule has 0 bridgehead atoms. The van der Waals surface area contributed by atoms with E-state index in [0.717, 1.165) is 47.3 Å². The third kappa shape index (κ3) is 3.05. The minimum atomic E-state index is 0.466. The Balaban J connectivity index is 1.55. The van der Waals surface area contributed by atoms with Crippen LogP contribution < -0.4 is 4.74 Å². The first-order valence-electron chi connectivity index (χ1n) is 7.39. The van der Waals surface area contributed by atoms with Crippen LogP contribution in [0.4, 0.5) is 0 Å². The van der Waals surface area contributed by atoms with Crippen molar-refractivity contribution in [3.8, 4) is 16.6 Å². The molecule has 0 radical (unpaired) electrons. The number of hydrogen-bond acceptors (Lipinski definition) is 8. The average molecular weight is 332 g/mol. The highest BCUT2D eigenvalue weighted by atomic mass is 32.1. The van der Waals surface area contributed by atoms with Gasteiger partial charge in [0.1, 0.15) is 5.75 Å². The molecule has 8 heteroatoms. The predicted octanol–water partition coefficient (Wildman–Crippen LogP) is 2.19. The van der Waals surface area contributed by atoms with Gasteiger partial charge in [-0.1, -0.05) is 0 Å². The van der Waals surface area contributed by atoms with E-state index < -0.39 is 0 Å². The molecule has 2 aromatic heterocycles. The zero-order chi connectivity index (χ0) is 15.6. The lowest BCUT2D eigenvalue weighted by Crippen LogP contribution is -2.35. The van der Waals surface area contributed by atoms with Gasteiger partial charge in [-0.15, -0.1) is 21.5 Å². The molecule has 0 aliphatic carbocycles. The monoisotopic (exact) mass is 332 g/mol. The van der Waals surface area contributed by atoms with E-state index in [9.17, 15) is 0 Å². The topological polar surface area (TPSA) is 73.5 Å². The normalized spacial score (nSPS) is 16.0. The van der Waals surface area contributed by atoms with Crippen molar-refractivity contribution in [1.29, 1.82) is 0 Å². The number of ether oxygens (including phenoxy) is 2. The molecule has 0 N–H and O–H groups in total. The highest BCUT2D eigenvalue weighted by Gasteiger charge is 2.17. The Bertz CT molecular complexity index is 810. The maximum Gasteiger partial charge on any atom is 0.276 e. The maximum absolute atomic E-state index is 5.77. The van der Waals surface area contributed by atoms with Gasteiger partial charge in [-0.05, 0) is 18.2 Å². The molecule has 0 saturated carbocycles. The molecule has 120 valence electrons. The molecule has 1 aliphatic rings. The quantitative estimate of drug-likeness (QED) is 0.725. The van der Waals surface area contributed by atoms with Crippen molar-refractivity contribution >= 4 is 21.6 Å². The lowest BCUT2D eigenvalue weighted by Gasteiger charge is -2.24. The fourth-order valence-electron chi connectivity index (χ4n) is 2.48. The van der Waals surface area contributed by atoms with E-state index in [1.165, 1.54) is 11.3 Å². The van der Waals surface area contributed by atoms with Gasteiger partial charge in [0.25, 0.3) is 5.89 Å². The van der Waals surface area contributed by atoms with Gasteiger partial charge in [-0.3, -0.25) is 4.90 Å². The molecule has 4 rings (SSSR count). The van der Waals surface area contributed by atoms with Crippen molar-refractivity contribution < 1.29 is 13.9 Å². The van der Waals surface area contributed by atoms with Crippen LogP contribution in [0.15, 0.2) is 22.6 Å². The second-order valence-electron chi connectivity index (χ2n) is 5.24.